The number of benzene rings is 2. The molecule has 8 nitrogen and oxygen atoms in total. The van der Waals surface area contributed by atoms with E-state index in [1.165, 1.54) is 4.90 Å². The van der Waals surface area contributed by atoms with Crippen LogP contribution in [0.25, 0.3) is 0 Å². The molecule has 2 aromatic carbocycles. The quantitative estimate of drug-likeness (QED) is 0.462. The number of nitrogens with one attached hydrogen (secondary N) is 1. The molecule has 0 aliphatic carbocycles. The number of hydrogen-bond acceptors (Lipinski definition) is 5. The van der Waals surface area contributed by atoms with Crippen LogP contribution in [0.2, 0.25) is 0 Å². The summed E-state index contributed by atoms with van der Waals surface area (Å²) in [6.07, 6.45) is 1.07. The van der Waals surface area contributed by atoms with Gasteiger partial charge in [-0.2, -0.15) is 0 Å². The Hall–Kier alpha value is -3.07. The molecule has 9 heteroatoms. The van der Waals surface area contributed by atoms with Crippen molar-refractivity contribution in [3.8, 4) is 5.75 Å². The summed E-state index contributed by atoms with van der Waals surface area (Å²) in [6, 6.07) is 13.5. The van der Waals surface area contributed by atoms with Crippen molar-refractivity contribution in [2.24, 2.45) is 5.92 Å². The van der Waals surface area contributed by atoms with Crippen LogP contribution in [0, 0.1) is 5.92 Å². The van der Waals surface area contributed by atoms with Crippen LogP contribution in [-0.4, -0.2) is 57.6 Å². The van der Waals surface area contributed by atoms with Crippen molar-refractivity contribution < 1.29 is 22.7 Å². The van der Waals surface area contributed by atoms with Crippen molar-refractivity contribution in [1.29, 1.82) is 0 Å². The normalized spacial score (nSPS) is 12.4. The highest BCUT2D eigenvalue weighted by atomic mass is 32.2. The van der Waals surface area contributed by atoms with E-state index in [4.69, 9.17) is 4.74 Å². The van der Waals surface area contributed by atoms with Crippen molar-refractivity contribution in [1.82, 2.24) is 10.2 Å². The van der Waals surface area contributed by atoms with E-state index in [2.05, 4.69) is 19.2 Å². The number of anilines is 1. The van der Waals surface area contributed by atoms with Crippen molar-refractivity contribution in [3.05, 3.63) is 59.7 Å². The number of carbonyl (C=O) groups excluding carboxylic acids is 2. The predicted molar refractivity (Wildman–Crippen MR) is 144 cm³/mol. The molecule has 198 valence electrons. The third kappa shape index (κ3) is 8.26. The first-order chi connectivity index (χ1) is 16.8. The number of hydrogen-bond donors (Lipinski definition) is 1. The molecule has 2 amide bonds. The zero-order valence-electron chi connectivity index (χ0n) is 22.3. The molecule has 1 atom stereocenters. The van der Waals surface area contributed by atoms with Gasteiger partial charge in [0.15, 0.2) is 0 Å². The van der Waals surface area contributed by atoms with Gasteiger partial charge in [-0.15, -0.1) is 0 Å². The first-order valence-electron chi connectivity index (χ1n) is 12.1. The first kappa shape index (κ1) is 29.2. The van der Waals surface area contributed by atoms with Gasteiger partial charge in [0, 0.05) is 13.1 Å². The van der Waals surface area contributed by atoms with Gasteiger partial charge in [-0.25, -0.2) is 8.42 Å². The van der Waals surface area contributed by atoms with E-state index in [9.17, 15) is 18.0 Å². The van der Waals surface area contributed by atoms with Crippen LogP contribution < -0.4 is 14.4 Å². The Morgan fingerprint density at radius 3 is 2.00 bits per heavy atom. The van der Waals surface area contributed by atoms with E-state index in [0.717, 1.165) is 21.7 Å². The maximum atomic E-state index is 13.6. The molecule has 2 rings (SSSR count). The lowest BCUT2D eigenvalue weighted by molar-refractivity contribution is -0.139. The minimum atomic E-state index is -3.76. The Bertz CT molecular complexity index is 1110. The Labute approximate surface area is 215 Å². The minimum Gasteiger partial charge on any atom is -0.497 e. The second kappa shape index (κ2) is 12.8. The predicted octanol–water partition coefficient (Wildman–Crippen LogP) is 3.77. The number of sulfonamides is 1. The van der Waals surface area contributed by atoms with E-state index in [-0.39, 0.29) is 24.3 Å². The third-order valence-electron chi connectivity index (χ3n) is 5.89. The van der Waals surface area contributed by atoms with E-state index >= 15 is 0 Å². The van der Waals surface area contributed by atoms with Crippen LogP contribution in [0.3, 0.4) is 0 Å². The summed E-state index contributed by atoms with van der Waals surface area (Å²) in [5, 5.41) is 2.87. The minimum absolute atomic E-state index is 0.142. The number of carbonyl (C=O) groups is 2. The van der Waals surface area contributed by atoms with Gasteiger partial charge in [-0.05, 0) is 54.2 Å². The highest BCUT2D eigenvalue weighted by Gasteiger charge is 2.30. The molecule has 1 N–H and O–H groups in total. The van der Waals surface area contributed by atoms with Crippen molar-refractivity contribution >= 4 is 27.5 Å². The molecule has 0 unspecified atom stereocenters. The molecule has 0 heterocycles. The second-order valence-corrected chi connectivity index (χ2v) is 11.6. The number of ether oxygens (including phenoxy) is 1. The van der Waals surface area contributed by atoms with Crippen LogP contribution >= 0.6 is 0 Å². The van der Waals surface area contributed by atoms with E-state index in [0.29, 0.717) is 18.0 Å². The summed E-state index contributed by atoms with van der Waals surface area (Å²) in [5.41, 5.74) is 2.26. The summed E-state index contributed by atoms with van der Waals surface area (Å²) < 4.78 is 31.6. The average molecular weight is 518 g/mol. The van der Waals surface area contributed by atoms with Crippen LogP contribution in [-0.2, 0) is 26.2 Å². The summed E-state index contributed by atoms with van der Waals surface area (Å²) in [6.45, 7) is 9.93. The van der Waals surface area contributed by atoms with Gasteiger partial charge in [0.25, 0.3) is 0 Å². The van der Waals surface area contributed by atoms with Crippen LogP contribution in [0.5, 0.6) is 5.75 Å². The molecule has 0 bridgehead atoms. The second-order valence-electron chi connectivity index (χ2n) is 9.70. The number of rotatable bonds is 12. The van der Waals surface area contributed by atoms with Crippen molar-refractivity contribution in [2.45, 2.75) is 53.1 Å². The summed E-state index contributed by atoms with van der Waals surface area (Å²) in [4.78, 5) is 27.9. The fraction of sp³-hybridized carbons (Fsp3) is 0.481. The smallest absolute Gasteiger partial charge is 0.244 e. The van der Waals surface area contributed by atoms with Crippen LogP contribution in [0.15, 0.2) is 48.5 Å². The molecule has 0 fully saturated rings. The zero-order chi connectivity index (χ0) is 27.0. The molecule has 0 saturated heterocycles. The number of methoxy groups -OCH3 is 1. The molecule has 36 heavy (non-hydrogen) atoms. The number of amides is 2. The Kier molecular flexibility index (Phi) is 10.3. The van der Waals surface area contributed by atoms with Gasteiger partial charge < -0.3 is 15.0 Å². The van der Waals surface area contributed by atoms with Gasteiger partial charge in [0.2, 0.25) is 21.8 Å². The number of nitrogens with zero attached hydrogens (tertiary/aromatic N) is 2. The van der Waals surface area contributed by atoms with Crippen LogP contribution in [0.1, 0.15) is 51.7 Å². The van der Waals surface area contributed by atoms with Crippen molar-refractivity contribution in [2.75, 3.05) is 30.8 Å². The monoisotopic (exact) mass is 517 g/mol. The van der Waals surface area contributed by atoms with E-state index < -0.39 is 28.5 Å². The standard InChI is InChI=1S/C27H39N3O5S/c1-19(2)16-28-27(32)21(5)29(17-22-8-14-25(35-6)15-9-22)26(31)18-30(36(7,33)34)24-12-10-23(11-13-24)20(3)4/h8-15,19-21H,16-18H2,1-7H3,(H,28,32)/t21-/m0/s1. The largest absolute Gasteiger partial charge is 0.497 e. The summed E-state index contributed by atoms with van der Waals surface area (Å²) in [7, 11) is -2.19. The Morgan fingerprint density at radius 1 is 0.944 bits per heavy atom. The molecule has 0 aliphatic heterocycles. The average Bonchev–Trinajstić information content (AvgIpc) is 2.83. The van der Waals surface area contributed by atoms with Gasteiger partial charge in [0.05, 0.1) is 19.1 Å². The van der Waals surface area contributed by atoms with E-state index in [1.807, 2.05) is 38.1 Å². The summed E-state index contributed by atoms with van der Waals surface area (Å²) in [5.74, 6) is 0.445. The first-order valence-corrected chi connectivity index (χ1v) is 14.0. The van der Waals surface area contributed by atoms with E-state index in [1.54, 1.807) is 38.3 Å². The SMILES string of the molecule is COc1ccc(CN(C(=O)CN(c2ccc(C(C)C)cc2)S(C)(=O)=O)[C@@H](C)C(=O)NCC(C)C)cc1. The highest BCUT2D eigenvalue weighted by Crippen LogP contribution is 2.23. The van der Waals surface area contributed by atoms with Gasteiger partial charge in [-0.1, -0.05) is 52.0 Å². The Morgan fingerprint density at radius 2 is 1.53 bits per heavy atom. The molecular formula is C27H39N3O5S. The maximum absolute atomic E-state index is 13.6. The Balaban J connectivity index is 2.36. The molecule has 0 radical (unpaired) electrons. The lowest BCUT2D eigenvalue weighted by atomic mass is 10.0. The topological polar surface area (TPSA) is 96.0 Å². The van der Waals surface area contributed by atoms with Gasteiger partial charge in [-0.3, -0.25) is 13.9 Å². The summed E-state index contributed by atoms with van der Waals surface area (Å²) >= 11 is 0. The molecule has 0 aliphatic rings. The van der Waals surface area contributed by atoms with Gasteiger partial charge >= 0.3 is 0 Å². The fourth-order valence-corrected chi connectivity index (χ4v) is 4.45. The molecule has 0 aromatic heterocycles. The van der Waals surface area contributed by atoms with Gasteiger partial charge in [0.1, 0.15) is 18.3 Å². The lowest BCUT2D eigenvalue weighted by Crippen LogP contribution is -2.51. The zero-order valence-corrected chi connectivity index (χ0v) is 23.1. The lowest BCUT2D eigenvalue weighted by Gasteiger charge is -2.31. The fourth-order valence-electron chi connectivity index (χ4n) is 3.60. The molecule has 0 saturated carbocycles. The molecular weight excluding hydrogens is 478 g/mol. The highest BCUT2D eigenvalue weighted by molar-refractivity contribution is 7.92. The molecule has 2 aromatic rings. The molecule has 0 spiro atoms. The van der Waals surface area contributed by atoms with Crippen LogP contribution in [0.4, 0.5) is 5.69 Å². The maximum Gasteiger partial charge on any atom is 0.244 e. The third-order valence-corrected chi connectivity index (χ3v) is 7.03. The van der Waals surface area contributed by atoms with Crippen molar-refractivity contribution in [3.63, 3.8) is 0 Å².